The second-order valence-corrected chi connectivity index (χ2v) is 7.31. The van der Waals surface area contributed by atoms with Crippen molar-refractivity contribution in [1.29, 1.82) is 0 Å². The van der Waals surface area contributed by atoms with Gasteiger partial charge in [-0.25, -0.2) is 8.42 Å². The van der Waals surface area contributed by atoms with Gasteiger partial charge >= 0.3 is 0 Å². The zero-order valence-electron chi connectivity index (χ0n) is 11.2. The van der Waals surface area contributed by atoms with E-state index in [9.17, 15) is 13.5 Å². The van der Waals surface area contributed by atoms with Gasteiger partial charge in [0.25, 0.3) is 0 Å². The van der Waals surface area contributed by atoms with Crippen LogP contribution in [0.5, 0.6) is 0 Å². The number of sulfone groups is 1. The minimum absolute atomic E-state index is 0.283. The third-order valence-electron chi connectivity index (χ3n) is 3.46. The van der Waals surface area contributed by atoms with Crippen LogP contribution in [0.25, 0.3) is 0 Å². The van der Waals surface area contributed by atoms with E-state index in [1.165, 1.54) is 37.7 Å². The lowest BCUT2D eigenvalue weighted by atomic mass is 10.1. The van der Waals surface area contributed by atoms with Crippen molar-refractivity contribution in [3.8, 4) is 0 Å². The third kappa shape index (κ3) is 4.60. The van der Waals surface area contributed by atoms with Gasteiger partial charge in [0, 0.05) is 12.8 Å². The molecule has 0 heterocycles. The highest BCUT2D eigenvalue weighted by Crippen LogP contribution is 2.31. The fraction of sp³-hybridized carbons (Fsp3) is 0.571. The second kappa shape index (κ2) is 6.03. The number of hydrogen-bond acceptors (Lipinski definition) is 4. The maximum Gasteiger partial charge on any atom is 0.175 e. The molecule has 1 aromatic carbocycles. The molecule has 106 valence electrons. The first-order valence-electron chi connectivity index (χ1n) is 6.65. The highest BCUT2D eigenvalue weighted by atomic mass is 32.2. The van der Waals surface area contributed by atoms with Crippen molar-refractivity contribution in [3.63, 3.8) is 0 Å². The van der Waals surface area contributed by atoms with Crippen molar-refractivity contribution in [2.45, 2.75) is 30.3 Å². The molecule has 1 aromatic rings. The van der Waals surface area contributed by atoms with E-state index < -0.39 is 15.9 Å². The number of aliphatic hydroxyl groups is 1. The zero-order chi connectivity index (χ0) is 13.9. The Labute approximate surface area is 114 Å². The average Bonchev–Trinajstić information content (AvgIpc) is 3.17. The Hall–Kier alpha value is -0.910. The molecule has 19 heavy (non-hydrogen) atoms. The van der Waals surface area contributed by atoms with E-state index in [4.69, 9.17) is 0 Å². The van der Waals surface area contributed by atoms with Gasteiger partial charge in [0.05, 0.1) is 11.0 Å². The maximum absolute atomic E-state index is 11.3. The molecule has 1 unspecified atom stereocenters. The monoisotopic (exact) mass is 283 g/mol. The highest BCUT2D eigenvalue weighted by molar-refractivity contribution is 7.90. The Morgan fingerprint density at radius 1 is 1.32 bits per heavy atom. The van der Waals surface area contributed by atoms with Crippen molar-refractivity contribution < 1.29 is 13.5 Å². The van der Waals surface area contributed by atoms with Crippen molar-refractivity contribution in [2.24, 2.45) is 5.92 Å². The minimum Gasteiger partial charge on any atom is -0.387 e. The number of benzene rings is 1. The molecule has 2 N–H and O–H groups in total. The minimum atomic E-state index is -3.17. The van der Waals surface area contributed by atoms with Crippen LogP contribution in [0.2, 0.25) is 0 Å². The normalized spacial score (nSPS) is 17.4. The van der Waals surface area contributed by atoms with Gasteiger partial charge in [0.1, 0.15) is 0 Å². The van der Waals surface area contributed by atoms with Crippen molar-refractivity contribution in [2.75, 3.05) is 19.3 Å². The molecule has 1 atom stereocenters. The van der Waals surface area contributed by atoms with Gasteiger partial charge in [-0.15, -0.1) is 0 Å². The Morgan fingerprint density at radius 2 is 1.95 bits per heavy atom. The predicted octanol–water partition coefficient (Wildman–Crippen LogP) is 1.51. The largest absolute Gasteiger partial charge is 0.387 e. The Morgan fingerprint density at radius 3 is 2.47 bits per heavy atom. The van der Waals surface area contributed by atoms with Crippen molar-refractivity contribution >= 4 is 9.84 Å². The summed E-state index contributed by atoms with van der Waals surface area (Å²) in [5.74, 6) is 0.888. The third-order valence-corrected chi connectivity index (χ3v) is 4.59. The summed E-state index contributed by atoms with van der Waals surface area (Å²) >= 11 is 0. The molecular weight excluding hydrogens is 262 g/mol. The molecule has 1 aliphatic rings. The molecule has 4 nitrogen and oxygen atoms in total. The SMILES string of the molecule is CS(=O)(=O)c1ccc(C(O)CNCCC2CC2)cc1. The molecular formula is C14H21NO3S. The number of rotatable bonds is 7. The Bertz CT molecular complexity index is 506. The Kier molecular flexibility index (Phi) is 4.60. The van der Waals surface area contributed by atoms with E-state index >= 15 is 0 Å². The van der Waals surface area contributed by atoms with Crippen molar-refractivity contribution in [1.82, 2.24) is 5.32 Å². The molecule has 1 fully saturated rings. The molecule has 0 radical (unpaired) electrons. The number of hydrogen-bond donors (Lipinski definition) is 2. The molecule has 0 amide bonds. The first kappa shape index (κ1) is 14.5. The smallest absolute Gasteiger partial charge is 0.175 e. The van der Waals surface area contributed by atoms with Crippen LogP contribution in [0.15, 0.2) is 29.2 Å². The van der Waals surface area contributed by atoms with Crippen LogP contribution in [0, 0.1) is 5.92 Å². The van der Waals surface area contributed by atoms with Gasteiger partial charge in [0.15, 0.2) is 9.84 Å². The van der Waals surface area contributed by atoms with Crippen LogP contribution in [0.1, 0.15) is 30.9 Å². The maximum atomic E-state index is 11.3. The van der Waals surface area contributed by atoms with E-state index in [1.54, 1.807) is 12.1 Å². The van der Waals surface area contributed by atoms with Gasteiger partial charge in [-0.2, -0.15) is 0 Å². The fourth-order valence-corrected chi connectivity index (χ4v) is 2.64. The van der Waals surface area contributed by atoms with Crippen LogP contribution in [0.3, 0.4) is 0 Å². The van der Waals surface area contributed by atoms with Crippen LogP contribution >= 0.6 is 0 Å². The van der Waals surface area contributed by atoms with E-state index in [2.05, 4.69) is 5.32 Å². The molecule has 1 aliphatic carbocycles. The van der Waals surface area contributed by atoms with Crippen LogP contribution in [-0.4, -0.2) is 32.9 Å². The lowest BCUT2D eigenvalue weighted by Gasteiger charge is -2.12. The molecule has 2 rings (SSSR count). The van der Waals surface area contributed by atoms with Crippen LogP contribution in [-0.2, 0) is 9.84 Å². The quantitative estimate of drug-likeness (QED) is 0.745. The predicted molar refractivity (Wildman–Crippen MR) is 74.7 cm³/mol. The van der Waals surface area contributed by atoms with Gasteiger partial charge < -0.3 is 10.4 Å². The summed E-state index contributed by atoms with van der Waals surface area (Å²) in [6.45, 7) is 1.44. The lowest BCUT2D eigenvalue weighted by Crippen LogP contribution is -2.22. The Balaban J connectivity index is 1.82. The van der Waals surface area contributed by atoms with Gasteiger partial charge in [-0.05, 0) is 36.6 Å². The lowest BCUT2D eigenvalue weighted by molar-refractivity contribution is 0.174. The van der Waals surface area contributed by atoms with E-state index in [-0.39, 0.29) is 4.90 Å². The van der Waals surface area contributed by atoms with E-state index in [1.807, 2.05) is 0 Å². The molecule has 0 saturated heterocycles. The second-order valence-electron chi connectivity index (χ2n) is 5.29. The summed E-state index contributed by atoms with van der Waals surface area (Å²) in [6, 6.07) is 6.42. The summed E-state index contributed by atoms with van der Waals surface area (Å²) in [7, 11) is -3.17. The first-order valence-corrected chi connectivity index (χ1v) is 8.55. The van der Waals surface area contributed by atoms with Gasteiger partial charge in [-0.1, -0.05) is 25.0 Å². The van der Waals surface area contributed by atoms with Crippen LogP contribution < -0.4 is 5.32 Å². The number of aliphatic hydroxyl groups excluding tert-OH is 1. The standard InChI is InChI=1S/C14H21NO3S/c1-19(17,18)13-6-4-12(5-7-13)14(16)10-15-9-8-11-2-3-11/h4-7,11,14-16H,2-3,8-10H2,1H3. The van der Waals surface area contributed by atoms with E-state index in [0.29, 0.717) is 6.54 Å². The van der Waals surface area contributed by atoms with Gasteiger partial charge in [-0.3, -0.25) is 0 Å². The van der Waals surface area contributed by atoms with Crippen LogP contribution in [0.4, 0.5) is 0 Å². The van der Waals surface area contributed by atoms with Gasteiger partial charge in [0.2, 0.25) is 0 Å². The molecule has 0 aromatic heterocycles. The molecule has 0 spiro atoms. The average molecular weight is 283 g/mol. The first-order chi connectivity index (χ1) is 8.97. The number of nitrogens with one attached hydrogen (secondary N) is 1. The molecule has 0 bridgehead atoms. The summed E-state index contributed by atoms with van der Waals surface area (Å²) in [5.41, 5.74) is 0.742. The van der Waals surface area contributed by atoms with Crippen molar-refractivity contribution in [3.05, 3.63) is 29.8 Å². The molecule has 0 aliphatic heterocycles. The molecule has 5 heteroatoms. The fourth-order valence-electron chi connectivity index (χ4n) is 2.01. The summed E-state index contributed by atoms with van der Waals surface area (Å²) in [4.78, 5) is 0.283. The summed E-state index contributed by atoms with van der Waals surface area (Å²) in [6.07, 6.45) is 4.46. The topological polar surface area (TPSA) is 66.4 Å². The summed E-state index contributed by atoms with van der Waals surface area (Å²) in [5, 5.41) is 13.2. The molecule has 1 saturated carbocycles. The highest BCUT2D eigenvalue weighted by Gasteiger charge is 2.20. The summed E-state index contributed by atoms with van der Waals surface area (Å²) < 4.78 is 22.6. The zero-order valence-corrected chi connectivity index (χ0v) is 12.0. The van der Waals surface area contributed by atoms with E-state index in [0.717, 1.165) is 18.0 Å².